The van der Waals surface area contributed by atoms with E-state index in [0.717, 1.165) is 0 Å². The second-order valence-corrected chi connectivity index (χ2v) is 8.43. The molecule has 0 radical (unpaired) electrons. The maximum Gasteiger partial charge on any atom is 0.491 e. The smallest absolute Gasteiger partial charge is 0.395 e. The van der Waals surface area contributed by atoms with Gasteiger partial charge in [-0.15, -0.1) is 0 Å². The first-order chi connectivity index (χ1) is 13.4. The number of carbonyl (C=O) groups is 2. The number of hydrogen-bond acceptors (Lipinski definition) is 3. The zero-order valence-electron chi connectivity index (χ0n) is 14.4. The fourth-order valence-electron chi connectivity index (χ4n) is 2.68. The van der Waals surface area contributed by atoms with Crippen LogP contribution in [0.2, 0.25) is 0 Å². The van der Waals surface area contributed by atoms with Crippen LogP contribution in [-0.2, 0) is 8.98 Å². The highest BCUT2D eigenvalue weighted by atomic mass is 32.3. The molecule has 0 bridgehead atoms. The van der Waals surface area contributed by atoms with E-state index >= 15 is 0 Å². The third-order valence-corrected chi connectivity index (χ3v) is 7.14. The second kappa shape index (κ2) is 7.90. The van der Waals surface area contributed by atoms with E-state index < -0.39 is 22.5 Å². The Kier molecular flexibility index (Phi) is 5.56. The lowest BCUT2D eigenvalue weighted by molar-refractivity contribution is -0.188. The van der Waals surface area contributed by atoms with E-state index in [-0.39, 0.29) is 0 Å². The maximum atomic E-state index is 13.1. The third-order valence-electron chi connectivity index (χ3n) is 3.93. The summed E-state index contributed by atoms with van der Waals surface area (Å²) in [5.41, 5.74) is 0.361. The van der Waals surface area contributed by atoms with E-state index in [0.29, 0.717) is 26.5 Å². The van der Waals surface area contributed by atoms with Gasteiger partial charge in [0, 0.05) is 20.2 Å². The molecule has 28 heavy (non-hydrogen) atoms. The van der Waals surface area contributed by atoms with E-state index in [2.05, 4.69) is 0 Å². The zero-order chi connectivity index (χ0) is 20.2. The minimum absolute atomic E-state index is 0.361. The molecule has 0 aliphatic heterocycles. The molecule has 0 amide bonds. The molecule has 0 heterocycles. The normalized spacial score (nSPS) is 12.2. The summed E-state index contributed by atoms with van der Waals surface area (Å²) in [5, 5.41) is 0. The summed E-state index contributed by atoms with van der Waals surface area (Å²) >= 11 is 0. The van der Waals surface area contributed by atoms with Crippen molar-refractivity contribution in [2.75, 3.05) is 0 Å². The third kappa shape index (κ3) is 3.80. The summed E-state index contributed by atoms with van der Waals surface area (Å²) in [6, 6.07) is 22.6. The Morgan fingerprint density at radius 2 is 1.18 bits per heavy atom. The van der Waals surface area contributed by atoms with Gasteiger partial charge in [0.2, 0.25) is 0 Å². The van der Waals surface area contributed by atoms with Gasteiger partial charge in [0.1, 0.15) is 6.29 Å². The Hall–Kier alpha value is -3.06. The Morgan fingerprint density at radius 1 is 0.750 bits per heavy atom. The molecule has 0 atom stereocenters. The van der Waals surface area contributed by atoms with Crippen LogP contribution in [0.3, 0.4) is 0 Å². The average Bonchev–Trinajstić information content (AvgIpc) is 2.72. The van der Waals surface area contributed by atoms with Crippen molar-refractivity contribution in [3.8, 4) is 0 Å². The van der Waals surface area contributed by atoms with Gasteiger partial charge in [-0.25, -0.2) is 4.79 Å². The lowest BCUT2D eigenvalue weighted by Crippen LogP contribution is -2.27. The van der Waals surface area contributed by atoms with Crippen LogP contribution in [0.1, 0.15) is 10.4 Å². The van der Waals surface area contributed by atoms with E-state index in [4.69, 9.17) is 4.18 Å². The fourth-order valence-corrected chi connectivity index (χ4v) is 5.70. The largest absolute Gasteiger partial charge is 0.491 e. The van der Waals surface area contributed by atoms with Crippen LogP contribution >= 0.6 is 10.3 Å². The van der Waals surface area contributed by atoms with Crippen molar-refractivity contribution < 1.29 is 26.9 Å². The summed E-state index contributed by atoms with van der Waals surface area (Å²) in [6.45, 7) is 0. The molecule has 0 N–H and O–H groups in total. The first kappa shape index (κ1) is 19.7. The second-order valence-electron chi connectivity index (χ2n) is 5.74. The Balaban J connectivity index is 2.31. The molecule has 3 aromatic carbocycles. The molecule has 0 spiro atoms. The molecule has 0 aromatic heterocycles. The monoisotopic (exact) mass is 404 g/mol. The average molecular weight is 404 g/mol. The summed E-state index contributed by atoms with van der Waals surface area (Å²) in [5.74, 6) is -2.27. The SMILES string of the molecule is O=Cc1ccc(S(OC(=O)C(F)(F)F)(c2ccccc2)c2ccccc2)cc1. The van der Waals surface area contributed by atoms with Crippen molar-refractivity contribution in [3.05, 3.63) is 90.5 Å². The standard InChI is InChI=1S/C21H15F3O3S/c22-21(23,24)20(26)27-28(17-7-3-1-4-8-17,18-9-5-2-6-10-18)19-13-11-16(15-25)12-14-19/h1-15H. The Morgan fingerprint density at radius 3 is 1.57 bits per heavy atom. The van der Waals surface area contributed by atoms with Gasteiger partial charge in [-0.05, 0) is 46.7 Å². The number of rotatable bonds is 5. The molecule has 0 saturated carbocycles. The lowest BCUT2D eigenvalue weighted by atomic mass is 10.2. The van der Waals surface area contributed by atoms with Gasteiger partial charge in [-0.2, -0.15) is 13.2 Å². The summed E-state index contributed by atoms with van der Waals surface area (Å²) in [4.78, 5) is 24.2. The number of carbonyl (C=O) groups excluding carboxylic acids is 2. The van der Waals surface area contributed by atoms with Gasteiger partial charge >= 0.3 is 12.1 Å². The van der Waals surface area contributed by atoms with Crippen LogP contribution in [0.5, 0.6) is 0 Å². The van der Waals surface area contributed by atoms with Crippen molar-refractivity contribution >= 4 is 22.6 Å². The fraction of sp³-hybridized carbons (Fsp3) is 0.0476. The Labute approximate surface area is 161 Å². The van der Waals surface area contributed by atoms with Gasteiger partial charge in [-0.3, -0.25) is 4.79 Å². The van der Waals surface area contributed by atoms with Gasteiger partial charge in [0.25, 0.3) is 0 Å². The molecule has 0 unspecified atom stereocenters. The lowest BCUT2D eigenvalue weighted by Gasteiger charge is -2.39. The maximum absolute atomic E-state index is 13.1. The van der Waals surface area contributed by atoms with Crippen molar-refractivity contribution in [2.24, 2.45) is 0 Å². The first-order valence-corrected chi connectivity index (χ1v) is 9.73. The van der Waals surface area contributed by atoms with Gasteiger partial charge < -0.3 is 4.18 Å². The van der Waals surface area contributed by atoms with Crippen LogP contribution < -0.4 is 0 Å². The van der Waals surface area contributed by atoms with Crippen molar-refractivity contribution in [1.82, 2.24) is 0 Å². The summed E-state index contributed by atoms with van der Waals surface area (Å²) in [6.07, 6.45) is -4.52. The predicted molar refractivity (Wildman–Crippen MR) is 99.2 cm³/mol. The number of aldehydes is 1. The van der Waals surface area contributed by atoms with E-state index in [9.17, 15) is 22.8 Å². The molecule has 7 heteroatoms. The molecule has 0 fully saturated rings. The van der Waals surface area contributed by atoms with Gasteiger partial charge in [0.05, 0.1) is 0 Å². The number of benzene rings is 3. The number of hydrogen-bond donors (Lipinski definition) is 0. The highest BCUT2D eigenvalue weighted by Gasteiger charge is 2.47. The van der Waals surface area contributed by atoms with Crippen molar-refractivity contribution in [3.63, 3.8) is 0 Å². The van der Waals surface area contributed by atoms with E-state index in [1.54, 1.807) is 60.7 Å². The quantitative estimate of drug-likeness (QED) is 0.505. The molecule has 3 rings (SSSR count). The number of halogens is 3. The van der Waals surface area contributed by atoms with E-state index in [1.165, 1.54) is 24.3 Å². The van der Waals surface area contributed by atoms with Crippen LogP contribution in [0, 0.1) is 0 Å². The molecular formula is C21H15F3O3S. The van der Waals surface area contributed by atoms with Crippen LogP contribution in [0.4, 0.5) is 13.2 Å². The first-order valence-electron chi connectivity index (χ1n) is 8.17. The molecule has 144 valence electrons. The predicted octanol–water partition coefficient (Wildman–Crippen LogP) is 5.80. The Bertz CT molecular complexity index is 916. The van der Waals surface area contributed by atoms with E-state index in [1.807, 2.05) is 0 Å². The van der Waals surface area contributed by atoms with Gasteiger partial charge in [0.15, 0.2) is 0 Å². The van der Waals surface area contributed by atoms with Crippen LogP contribution in [0.15, 0.2) is 99.6 Å². The highest BCUT2D eigenvalue weighted by molar-refractivity contribution is 8.30. The summed E-state index contributed by atoms with van der Waals surface area (Å²) < 4.78 is 44.7. The summed E-state index contributed by atoms with van der Waals surface area (Å²) in [7, 11) is -3.03. The minimum Gasteiger partial charge on any atom is -0.395 e. The van der Waals surface area contributed by atoms with Crippen LogP contribution in [-0.4, -0.2) is 18.4 Å². The molecule has 3 nitrogen and oxygen atoms in total. The molecule has 0 aliphatic carbocycles. The zero-order valence-corrected chi connectivity index (χ0v) is 15.2. The minimum atomic E-state index is -5.15. The van der Waals surface area contributed by atoms with Crippen molar-refractivity contribution in [2.45, 2.75) is 20.9 Å². The molecular weight excluding hydrogens is 389 g/mol. The van der Waals surface area contributed by atoms with Crippen molar-refractivity contribution in [1.29, 1.82) is 0 Å². The van der Waals surface area contributed by atoms with Crippen LogP contribution in [0.25, 0.3) is 0 Å². The molecule has 0 aliphatic rings. The molecule has 3 aromatic rings. The van der Waals surface area contributed by atoms with Gasteiger partial charge in [-0.1, -0.05) is 48.5 Å². The topological polar surface area (TPSA) is 43.4 Å². The molecule has 0 saturated heterocycles. The highest BCUT2D eigenvalue weighted by Crippen LogP contribution is 2.69. The number of alkyl halides is 3.